The summed E-state index contributed by atoms with van der Waals surface area (Å²) in [5.74, 6) is 0. The lowest BCUT2D eigenvalue weighted by atomic mass is 10.1. The zero-order valence-corrected chi connectivity index (χ0v) is 7.15. The molecule has 0 radical (unpaired) electrons. The molecule has 0 atom stereocenters. The van der Waals surface area contributed by atoms with Gasteiger partial charge in [0.1, 0.15) is 0 Å². The Labute approximate surface area is 64.0 Å². The van der Waals surface area contributed by atoms with Crippen molar-refractivity contribution in [3.8, 4) is 0 Å². The van der Waals surface area contributed by atoms with E-state index in [1.54, 1.807) is 0 Å². The fourth-order valence-corrected chi connectivity index (χ4v) is 0.508. The lowest BCUT2D eigenvalue weighted by molar-refractivity contribution is 1.28. The summed E-state index contributed by atoms with van der Waals surface area (Å²) in [5, 5.41) is 0. The molecule has 0 saturated heterocycles. The van der Waals surface area contributed by atoms with Gasteiger partial charge in [-0.1, -0.05) is 29.4 Å². The molecule has 0 N–H and O–H groups in total. The quantitative estimate of drug-likeness (QED) is 0.411. The molecule has 0 spiro atoms. The molecule has 0 aliphatic carbocycles. The molecule has 0 aliphatic rings. The highest BCUT2D eigenvalue weighted by Gasteiger charge is 1.82. The van der Waals surface area contributed by atoms with Crippen molar-refractivity contribution in [1.29, 1.82) is 0 Å². The van der Waals surface area contributed by atoms with Gasteiger partial charge in [-0.3, -0.25) is 0 Å². The lowest BCUT2D eigenvalue weighted by Gasteiger charge is -1.93. The van der Waals surface area contributed by atoms with E-state index in [2.05, 4.69) is 39.5 Å². The van der Waals surface area contributed by atoms with Crippen LogP contribution in [0.25, 0.3) is 0 Å². The fraction of sp³-hybridized carbons (Fsp3) is 0.400. The fourth-order valence-electron chi connectivity index (χ4n) is 0.508. The summed E-state index contributed by atoms with van der Waals surface area (Å²) in [4.78, 5) is 0. The van der Waals surface area contributed by atoms with Crippen LogP contribution in [-0.4, -0.2) is 0 Å². The van der Waals surface area contributed by atoms with Crippen molar-refractivity contribution in [1.82, 2.24) is 0 Å². The van der Waals surface area contributed by atoms with Crippen LogP contribution in [0.1, 0.15) is 27.2 Å². The molecular weight excluding hydrogens is 120 g/mol. The van der Waals surface area contributed by atoms with Crippen LogP contribution in [0.2, 0.25) is 0 Å². The van der Waals surface area contributed by atoms with Gasteiger partial charge in [0.25, 0.3) is 0 Å². The van der Waals surface area contributed by atoms with Crippen molar-refractivity contribution < 1.29 is 0 Å². The third kappa shape index (κ3) is 4.13. The maximum atomic E-state index is 3.64. The van der Waals surface area contributed by atoms with Crippen LogP contribution >= 0.6 is 0 Å². The van der Waals surface area contributed by atoms with Gasteiger partial charge >= 0.3 is 0 Å². The molecule has 0 aromatic heterocycles. The van der Waals surface area contributed by atoms with E-state index in [4.69, 9.17) is 0 Å². The summed E-state index contributed by atoms with van der Waals surface area (Å²) in [5.41, 5.74) is 2.72. The van der Waals surface area contributed by atoms with Crippen LogP contribution in [0.3, 0.4) is 0 Å². The minimum atomic E-state index is 0.963. The molecule has 0 saturated carbocycles. The van der Waals surface area contributed by atoms with E-state index in [-0.39, 0.29) is 0 Å². The van der Waals surface area contributed by atoms with Crippen LogP contribution in [0.4, 0.5) is 0 Å². The Bertz CT molecular complexity index is 155. The molecule has 0 heteroatoms. The molecule has 0 unspecified atom stereocenters. The normalized spacial score (nSPS) is 9.90. The van der Waals surface area contributed by atoms with Gasteiger partial charge in [0.2, 0.25) is 0 Å². The first-order chi connectivity index (χ1) is 4.68. The van der Waals surface area contributed by atoms with Gasteiger partial charge in [-0.05, 0) is 27.2 Å². The lowest BCUT2D eigenvalue weighted by Crippen LogP contribution is -1.72. The Balaban J connectivity index is 3.89. The second-order valence-electron chi connectivity index (χ2n) is 2.61. The zero-order chi connectivity index (χ0) is 7.98. The van der Waals surface area contributed by atoms with Crippen molar-refractivity contribution >= 4 is 0 Å². The Hall–Kier alpha value is -0.780. The van der Waals surface area contributed by atoms with Gasteiger partial charge < -0.3 is 0 Å². The molecule has 0 heterocycles. The Kier molecular flexibility index (Phi) is 4.65. The first kappa shape index (κ1) is 9.22. The average molecular weight is 136 g/mol. The van der Waals surface area contributed by atoms with Gasteiger partial charge in [-0.2, -0.15) is 0 Å². The summed E-state index contributed by atoms with van der Waals surface area (Å²) in [6, 6.07) is 0. The van der Waals surface area contributed by atoms with Crippen molar-refractivity contribution in [3.05, 3.63) is 36.0 Å². The van der Waals surface area contributed by atoms with E-state index < -0.39 is 0 Å². The SMILES string of the molecule is C=CCC=CC(C)=C(C)C. The molecule has 0 aliphatic heterocycles. The third-order valence-corrected chi connectivity index (χ3v) is 1.46. The largest absolute Gasteiger partial charge is 0.103 e. The standard InChI is InChI=1S/C10H16/c1-5-6-7-8-10(4)9(2)3/h5,7-8H,1,6H2,2-4H3. The van der Waals surface area contributed by atoms with E-state index >= 15 is 0 Å². The summed E-state index contributed by atoms with van der Waals surface area (Å²) in [7, 11) is 0. The van der Waals surface area contributed by atoms with Gasteiger partial charge in [-0.25, -0.2) is 0 Å². The third-order valence-electron chi connectivity index (χ3n) is 1.46. The second-order valence-corrected chi connectivity index (χ2v) is 2.61. The summed E-state index contributed by atoms with van der Waals surface area (Å²) < 4.78 is 0. The summed E-state index contributed by atoms with van der Waals surface area (Å²) in [6.07, 6.45) is 7.12. The Morgan fingerprint density at radius 1 is 1.30 bits per heavy atom. The molecule has 0 aromatic rings. The van der Waals surface area contributed by atoms with Crippen molar-refractivity contribution in [2.75, 3.05) is 0 Å². The van der Waals surface area contributed by atoms with Crippen LogP contribution in [0, 0.1) is 0 Å². The van der Waals surface area contributed by atoms with Gasteiger partial charge in [0, 0.05) is 0 Å². The first-order valence-electron chi connectivity index (χ1n) is 3.60. The minimum absolute atomic E-state index is 0.963. The maximum Gasteiger partial charge on any atom is -0.0169 e. The zero-order valence-electron chi connectivity index (χ0n) is 7.15. The molecule has 0 fully saturated rings. The van der Waals surface area contributed by atoms with E-state index in [0.717, 1.165) is 6.42 Å². The van der Waals surface area contributed by atoms with E-state index in [1.807, 2.05) is 6.08 Å². The molecule has 0 rings (SSSR count). The predicted molar refractivity (Wildman–Crippen MR) is 48.0 cm³/mol. The first-order valence-corrected chi connectivity index (χ1v) is 3.60. The van der Waals surface area contributed by atoms with Crippen LogP contribution in [-0.2, 0) is 0 Å². The van der Waals surface area contributed by atoms with Crippen molar-refractivity contribution in [2.45, 2.75) is 27.2 Å². The van der Waals surface area contributed by atoms with Crippen molar-refractivity contribution in [2.24, 2.45) is 0 Å². The van der Waals surface area contributed by atoms with Crippen LogP contribution < -0.4 is 0 Å². The summed E-state index contributed by atoms with van der Waals surface area (Å²) >= 11 is 0. The highest BCUT2D eigenvalue weighted by atomic mass is 13.9. The molecule has 0 nitrogen and oxygen atoms in total. The number of hydrogen-bond acceptors (Lipinski definition) is 0. The van der Waals surface area contributed by atoms with Gasteiger partial charge in [-0.15, -0.1) is 6.58 Å². The van der Waals surface area contributed by atoms with E-state index in [0.29, 0.717) is 0 Å². The topological polar surface area (TPSA) is 0 Å². The number of rotatable bonds is 3. The van der Waals surface area contributed by atoms with Gasteiger partial charge in [0.15, 0.2) is 0 Å². The monoisotopic (exact) mass is 136 g/mol. The molecule has 10 heavy (non-hydrogen) atoms. The molecule has 0 bridgehead atoms. The molecule has 0 amide bonds. The van der Waals surface area contributed by atoms with Gasteiger partial charge in [0.05, 0.1) is 0 Å². The molecule has 0 aromatic carbocycles. The summed E-state index contributed by atoms with van der Waals surface area (Å²) in [6.45, 7) is 9.99. The van der Waals surface area contributed by atoms with Crippen molar-refractivity contribution in [3.63, 3.8) is 0 Å². The second kappa shape index (κ2) is 5.04. The number of hydrogen-bond donors (Lipinski definition) is 0. The number of allylic oxidation sites excluding steroid dienone is 5. The molecular formula is C10H16. The average Bonchev–Trinajstić information content (AvgIpc) is 1.88. The van der Waals surface area contributed by atoms with E-state index in [1.165, 1.54) is 11.1 Å². The minimum Gasteiger partial charge on any atom is -0.103 e. The molecule has 56 valence electrons. The van der Waals surface area contributed by atoms with Crippen LogP contribution in [0.5, 0.6) is 0 Å². The van der Waals surface area contributed by atoms with Crippen LogP contribution in [0.15, 0.2) is 36.0 Å². The Morgan fingerprint density at radius 3 is 2.30 bits per heavy atom. The maximum absolute atomic E-state index is 3.64. The Morgan fingerprint density at radius 2 is 1.90 bits per heavy atom. The highest BCUT2D eigenvalue weighted by Crippen LogP contribution is 2.03. The smallest absolute Gasteiger partial charge is 0.0169 e. The van der Waals surface area contributed by atoms with E-state index in [9.17, 15) is 0 Å². The highest BCUT2D eigenvalue weighted by molar-refractivity contribution is 5.21. The predicted octanol–water partition coefficient (Wildman–Crippen LogP) is 3.48.